The van der Waals surface area contributed by atoms with Crippen LogP contribution in [0.5, 0.6) is 0 Å². The first-order valence-corrected chi connectivity index (χ1v) is 4.42. The number of esters is 1. The average Bonchev–Trinajstić information content (AvgIpc) is 2.77. The van der Waals surface area contributed by atoms with Gasteiger partial charge in [-0.3, -0.25) is 0 Å². The van der Waals surface area contributed by atoms with Gasteiger partial charge in [0.25, 0.3) is 5.82 Å². The van der Waals surface area contributed by atoms with Gasteiger partial charge in [-0.2, -0.15) is 0 Å². The molecule has 0 spiro atoms. The van der Waals surface area contributed by atoms with Gasteiger partial charge >= 0.3 is 5.97 Å². The summed E-state index contributed by atoms with van der Waals surface area (Å²) >= 11 is 0. The Balaban J connectivity index is 2.35. The van der Waals surface area contributed by atoms with E-state index in [-0.39, 0.29) is 5.82 Å². The zero-order valence-electron chi connectivity index (χ0n) is 8.49. The van der Waals surface area contributed by atoms with Crippen LogP contribution in [0.15, 0.2) is 24.7 Å². The number of hydrogen-bond donors (Lipinski definition) is 1. The molecule has 0 radical (unpaired) electrons. The fourth-order valence-corrected chi connectivity index (χ4v) is 1.15. The number of nitrogen functional groups attached to an aromatic ring is 1. The molecule has 2 N–H and O–H groups in total. The fourth-order valence-electron chi connectivity index (χ4n) is 1.15. The maximum Gasteiger partial charge on any atom is 0.377 e. The number of aromatic nitrogens is 4. The molecular weight excluding hydrogens is 210 g/mol. The molecule has 82 valence electrons. The molecule has 0 saturated carbocycles. The zero-order chi connectivity index (χ0) is 11.5. The molecule has 2 aromatic rings. The van der Waals surface area contributed by atoms with Crippen LogP contribution in [0.3, 0.4) is 0 Å². The van der Waals surface area contributed by atoms with Crippen molar-refractivity contribution in [3.63, 3.8) is 0 Å². The summed E-state index contributed by atoms with van der Waals surface area (Å²) < 4.78 is 5.92. The lowest BCUT2D eigenvalue weighted by molar-refractivity contribution is 0.0587. The summed E-state index contributed by atoms with van der Waals surface area (Å²) in [5.74, 6) is -0.216. The summed E-state index contributed by atoms with van der Waals surface area (Å²) in [7, 11) is 1.27. The molecule has 0 aromatic carbocycles. The summed E-state index contributed by atoms with van der Waals surface area (Å²) in [5.41, 5.74) is 6.20. The highest BCUT2D eigenvalue weighted by Gasteiger charge is 2.11. The van der Waals surface area contributed by atoms with Gasteiger partial charge in [0.1, 0.15) is 12.1 Å². The largest absolute Gasteiger partial charge is 0.463 e. The molecule has 7 heteroatoms. The summed E-state index contributed by atoms with van der Waals surface area (Å²) in [5, 5.41) is 3.94. The molecule has 0 unspecified atom stereocenters. The highest BCUT2D eigenvalue weighted by atomic mass is 16.5. The Morgan fingerprint density at radius 1 is 1.50 bits per heavy atom. The third kappa shape index (κ3) is 1.83. The standard InChI is InChI=1S/C9H9N5O2/c1-16-9(15)8-12-5-14(13-8)6-2-3-11-7(10)4-6/h2-5H,1H3,(H2,10,11). The van der Waals surface area contributed by atoms with Crippen LogP contribution in [-0.4, -0.2) is 32.8 Å². The van der Waals surface area contributed by atoms with Gasteiger partial charge in [-0.1, -0.05) is 0 Å². The van der Waals surface area contributed by atoms with Gasteiger partial charge in [0.2, 0.25) is 0 Å². The van der Waals surface area contributed by atoms with Crippen molar-refractivity contribution in [1.29, 1.82) is 0 Å². The first-order valence-electron chi connectivity index (χ1n) is 4.42. The minimum Gasteiger partial charge on any atom is -0.463 e. The molecule has 0 saturated heterocycles. The third-order valence-corrected chi connectivity index (χ3v) is 1.89. The quantitative estimate of drug-likeness (QED) is 0.716. The van der Waals surface area contributed by atoms with Crippen molar-refractivity contribution in [2.45, 2.75) is 0 Å². The van der Waals surface area contributed by atoms with E-state index in [1.165, 1.54) is 18.1 Å². The number of methoxy groups -OCH3 is 1. The molecule has 0 bridgehead atoms. The molecule has 2 heterocycles. The number of rotatable bonds is 2. The van der Waals surface area contributed by atoms with E-state index < -0.39 is 5.97 Å². The van der Waals surface area contributed by atoms with E-state index in [1.54, 1.807) is 18.3 Å². The first kappa shape index (κ1) is 10.1. The van der Waals surface area contributed by atoms with Crippen LogP contribution in [-0.2, 0) is 4.74 Å². The predicted octanol–water partition coefficient (Wildman–Crippen LogP) is 0.0311. The van der Waals surface area contributed by atoms with Crippen LogP contribution in [0.25, 0.3) is 5.69 Å². The van der Waals surface area contributed by atoms with Gasteiger partial charge in [0.05, 0.1) is 12.8 Å². The number of carbonyl (C=O) groups excluding carboxylic acids is 1. The van der Waals surface area contributed by atoms with Gasteiger partial charge in [-0.25, -0.2) is 19.4 Å². The minimum atomic E-state index is -0.583. The molecule has 0 aliphatic rings. The van der Waals surface area contributed by atoms with Gasteiger partial charge in [0.15, 0.2) is 0 Å². The topological polar surface area (TPSA) is 95.9 Å². The number of carbonyl (C=O) groups is 1. The van der Waals surface area contributed by atoms with Gasteiger partial charge in [-0.15, -0.1) is 5.10 Å². The van der Waals surface area contributed by atoms with Crippen LogP contribution in [0.1, 0.15) is 10.6 Å². The van der Waals surface area contributed by atoms with Crippen molar-refractivity contribution in [1.82, 2.24) is 19.7 Å². The van der Waals surface area contributed by atoms with Crippen molar-refractivity contribution in [3.8, 4) is 5.69 Å². The van der Waals surface area contributed by atoms with Crippen molar-refractivity contribution in [3.05, 3.63) is 30.5 Å². The van der Waals surface area contributed by atoms with Gasteiger partial charge < -0.3 is 10.5 Å². The number of nitrogens with two attached hydrogens (primary N) is 1. The van der Waals surface area contributed by atoms with Gasteiger partial charge in [-0.05, 0) is 6.07 Å². The predicted molar refractivity (Wildman–Crippen MR) is 54.9 cm³/mol. The first-order chi connectivity index (χ1) is 7.70. The molecule has 0 amide bonds. The van der Waals surface area contributed by atoms with Crippen LogP contribution in [0.2, 0.25) is 0 Å². The monoisotopic (exact) mass is 219 g/mol. The normalized spacial score (nSPS) is 10.1. The molecule has 2 aromatic heterocycles. The Morgan fingerprint density at radius 3 is 3.00 bits per heavy atom. The van der Waals surface area contributed by atoms with E-state index in [0.29, 0.717) is 11.5 Å². The van der Waals surface area contributed by atoms with Crippen LogP contribution >= 0.6 is 0 Å². The number of pyridine rings is 1. The molecule has 0 aliphatic carbocycles. The number of ether oxygens (including phenoxy) is 1. The van der Waals surface area contributed by atoms with Crippen molar-refractivity contribution >= 4 is 11.8 Å². The second-order valence-electron chi connectivity index (χ2n) is 2.94. The lowest BCUT2D eigenvalue weighted by Gasteiger charge is -1.99. The van der Waals surface area contributed by atoms with Crippen LogP contribution in [0, 0.1) is 0 Å². The van der Waals surface area contributed by atoms with Crippen molar-refractivity contribution in [2.75, 3.05) is 12.8 Å². The number of nitrogens with zero attached hydrogens (tertiary/aromatic N) is 4. The maximum absolute atomic E-state index is 11.1. The van der Waals surface area contributed by atoms with Crippen molar-refractivity contribution in [2.24, 2.45) is 0 Å². The SMILES string of the molecule is COC(=O)c1ncn(-c2ccnc(N)c2)n1. The number of anilines is 1. The maximum atomic E-state index is 11.1. The molecule has 0 atom stereocenters. The Morgan fingerprint density at radius 2 is 2.31 bits per heavy atom. The van der Waals surface area contributed by atoms with Crippen molar-refractivity contribution < 1.29 is 9.53 Å². The van der Waals surface area contributed by atoms with E-state index in [2.05, 4.69) is 19.8 Å². The summed E-state index contributed by atoms with van der Waals surface area (Å²) in [6.45, 7) is 0. The second kappa shape index (κ2) is 3.97. The summed E-state index contributed by atoms with van der Waals surface area (Å²) in [4.78, 5) is 18.8. The Kier molecular flexibility index (Phi) is 2.50. The molecule has 16 heavy (non-hydrogen) atoms. The van der Waals surface area contributed by atoms with E-state index in [9.17, 15) is 4.79 Å². The average molecular weight is 219 g/mol. The van der Waals surface area contributed by atoms with Gasteiger partial charge in [0, 0.05) is 12.3 Å². The second-order valence-corrected chi connectivity index (χ2v) is 2.94. The Labute approximate surface area is 90.9 Å². The molecule has 0 fully saturated rings. The van der Waals surface area contributed by atoms with E-state index in [0.717, 1.165) is 0 Å². The summed E-state index contributed by atoms with van der Waals surface area (Å²) in [6.07, 6.45) is 2.95. The highest BCUT2D eigenvalue weighted by Crippen LogP contribution is 2.08. The summed E-state index contributed by atoms with van der Waals surface area (Å²) in [6, 6.07) is 3.32. The Hall–Kier alpha value is -2.44. The number of hydrogen-bond acceptors (Lipinski definition) is 6. The van der Waals surface area contributed by atoms with E-state index >= 15 is 0 Å². The fraction of sp³-hybridized carbons (Fsp3) is 0.111. The lowest BCUT2D eigenvalue weighted by atomic mass is 10.4. The molecule has 0 aliphatic heterocycles. The van der Waals surface area contributed by atoms with Crippen LogP contribution in [0.4, 0.5) is 5.82 Å². The minimum absolute atomic E-state index is 0.00196. The van der Waals surface area contributed by atoms with E-state index in [1.807, 2.05) is 0 Å². The zero-order valence-corrected chi connectivity index (χ0v) is 8.49. The van der Waals surface area contributed by atoms with Crippen LogP contribution < -0.4 is 5.73 Å². The lowest BCUT2D eigenvalue weighted by Crippen LogP contribution is -2.05. The smallest absolute Gasteiger partial charge is 0.377 e. The molecule has 7 nitrogen and oxygen atoms in total. The Bertz CT molecular complexity index is 522. The van der Waals surface area contributed by atoms with E-state index in [4.69, 9.17) is 5.73 Å². The highest BCUT2D eigenvalue weighted by molar-refractivity contribution is 5.84. The third-order valence-electron chi connectivity index (χ3n) is 1.89. The molecule has 2 rings (SSSR count). The molecular formula is C9H9N5O2.